The van der Waals surface area contributed by atoms with Crippen molar-refractivity contribution in [3.63, 3.8) is 0 Å². The molecule has 2 atom stereocenters. The van der Waals surface area contributed by atoms with E-state index in [0.29, 0.717) is 12.8 Å². The van der Waals surface area contributed by atoms with Gasteiger partial charge in [-0.3, -0.25) is 0 Å². The molecule has 0 bridgehead atoms. The fourth-order valence-electron chi connectivity index (χ4n) is 1.74. The molecule has 8 nitrogen and oxygen atoms in total. The topological polar surface area (TPSA) is 139 Å². The summed E-state index contributed by atoms with van der Waals surface area (Å²) in [5.74, 6) is 0. The Morgan fingerprint density at radius 1 is 0.833 bits per heavy atom. The molecule has 144 valence electrons. The van der Waals surface area contributed by atoms with Crippen molar-refractivity contribution in [2.24, 2.45) is 10.3 Å². The first-order chi connectivity index (χ1) is 10.7. The van der Waals surface area contributed by atoms with Crippen LogP contribution in [0.15, 0.2) is 25.3 Å². The van der Waals surface area contributed by atoms with E-state index in [1.54, 1.807) is 0 Å². The van der Waals surface area contributed by atoms with E-state index >= 15 is 0 Å². The molecule has 0 aliphatic rings. The molecule has 0 aliphatic carbocycles. The number of allylic oxidation sites excluding steroid dienone is 2. The SMILES string of the molecule is C=CC[C@@](C)(COC)S(N)(=O)=O.C=CC[C@](C)(COC)S(N)(=O)=O. The molecule has 4 N–H and O–H groups in total. The molecule has 0 spiro atoms. The Morgan fingerprint density at radius 3 is 1.21 bits per heavy atom. The zero-order valence-corrected chi connectivity index (χ0v) is 16.5. The highest BCUT2D eigenvalue weighted by Crippen LogP contribution is 2.20. The second kappa shape index (κ2) is 10.3. The van der Waals surface area contributed by atoms with Gasteiger partial charge in [0.25, 0.3) is 0 Å². The minimum absolute atomic E-state index is 0.0812. The fourth-order valence-corrected chi connectivity index (χ4v) is 3.00. The summed E-state index contributed by atoms with van der Waals surface area (Å²) in [6.45, 7) is 10.2. The lowest BCUT2D eigenvalue weighted by atomic mass is 10.1. The van der Waals surface area contributed by atoms with Crippen molar-refractivity contribution in [1.82, 2.24) is 0 Å². The molecule has 0 saturated heterocycles. The molecule has 0 aromatic rings. The maximum Gasteiger partial charge on any atom is 0.217 e. The van der Waals surface area contributed by atoms with Crippen LogP contribution in [0.5, 0.6) is 0 Å². The maximum absolute atomic E-state index is 11.1. The summed E-state index contributed by atoms with van der Waals surface area (Å²) in [5, 5.41) is 10.1. The molecule has 0 saturated carbocycles. The van der Waals surface area contributed by atoms with Gasteiger partial charge >= 0.3 is 0 Å². The summed E-state index contributed by atoms with van der Waals surface area (Å²) in [5.41, 5.74) is 0. The van der Waals surface area contributed by atoms with Crippen LogP contribution in [0.4, 0.5) is 0 Å². The van der Waals surface area contributed by atoms with Gasteiger partial charge in [-0.15, -0.1) is 13.2 Å². The first kappa shape index (κ1) is 25.5. The summed E-state index contributed by atoms with van der Waals surface area (Å²) in [4.78, 5) is 0. The van der Waals surface area contributed by atoms with Crippen molar-refractivity contribution in [3.05, 3.63) is 25.3 Å². The minimum Gasteiger partial charge on any atom is -0.383 e. The molecule has 0 unspecified atom stereocenters. The average Bonchev–Trinajstić information content (AvgIpc) is 2.38. The second-order valence-electron chi connectivity index (χ2n) is 5.84. The standard InChI is InChI=1S/2C7H15NO3S/c2*1-4-5-7(2,6-11-3)12(8,9)10/h2*4H,1,5-6H2,2-3H3,(H2,8,9,10)/t2*7-/m10/s1. The quantitative estimate of drug-likeness (QED) is 0.525. The number of hydrogen-bond donors (Lipinski definition) is 2. The maximum atomic E-state index is 11.1. The molecule has 0 aliphatic heterocycles. The normalized spacial score (nSPS) is 16.9. The van der Waals surface area contributed by atoms with Gasteiger partial charge < -0.3 is 9.47 Å². The van der Waals surface area contributed by atoms with Gasteiger partial charge in [-0.25, -0.2) is 27.1 Å². The van der Waals surface area contributed by atoms with Crippen LogP contribution in [-0.2, 0) is 29.5 Å². The monoisotopic (exact) mass is 386 g/mol. The molecule has 0 fully saturated rings. The Bertz CT molecular complexity index is 549. The molecular formula is C14H30N2O6S2. The lowest BCUT2D eigenvalue weighted by Crippen LogP contribution is -2.44. The van der Waals surface area contributed by atoms with Gasteiger partial charge in [-0.2, -0.15) is 0 Å². The smallest absolute Gasteiger partial charge is 0.217 e. The van der Waals surface area contributed by atoms with E-state index in [1.807, 2.05) is 0 Å². The molecule has 24 heavy (non-hydrogen) atoms. The zero-order chi connectivity index (χ0) is 19.7. The Balaban J connectivity index is 0. The van der Waals surface area contributed by atoms with Gasteiger partial charge in [-0.1, -0.05) is 12.2 Å². The second-order valence-corrected chi connectivity index (χ2v) is 9.99. The highest BCUT2D eigenvalue weighted by atomic mass is 32.2. The van der Waals surface area contributed by atoms with Crippen molar-refractivity contribution in [1.29, 1.82) is 0 Å². The van der Waals surface area contributed by atoms with Crippen LogP contribution in [0, 0.1) is 0 Å². The predicted octanol–water partition coefficient (Wildman–Crippen LogP) is 0.512. The molecule has 0 rings (SSSR count). The lowest BCUT2D eigenvalue weighted by molar-refractivity contribution is 0.170. The average molecular weight is 387 g/mol. The third-order valence-electron chi connectivity index (χ3n) is 3.43. The first-order valence-corrected chi connectivity index (χ1v) is 10.1. The fraction of sp³-hybridized carbons (Fsp3) is 0.714. The number of methoxy groups -OCH3 is 2. The van der Waals surface area contributed by atoms with E-state index in [1.165, 1.54) is 40.2 Å². The van der Waals surface area contributed by atoms with Crippen LogP contribution >= 0.6 is 0 Å². The Hall–Kier alpha value is -0.780. The molecule has 0 amide bonds. The predicted molar refractivity (Wildman–Crippen MR) is 96.4 cm³/mol. The molecular weight excluding hydrogens is 356 g/mol. The number of ether oxygens (including phenoxy) is 2. The van der Waals surface area contributed by atoms with Gasteiger partial charge in [0.15, 0.2) is 0 Å². The van der Waals surface area contributed by atoms with E-state index < -0.39 is 29.5 Å². The molecule has 0 aromatic heterocycles. The van der Waals surface area contributed by atoms with Crippen molar-refractivity contribution in [2.75, 3.05) is 27.4 Å². The van der Waals surface area contributed by atoms with E-state index in [2.05, 4.69) is 13.2 Å². The number of nitrogens with two attached hydrogens (primary N) is 2. The minimum atomic E-state index is -3.59. The number of primary sulfonamides is 2. The highest BCUT2D eigenvalue weighted by molar-refractivity contribution is 7.90. The van der Waals surface area contributed by atoms with Crippen LogP contribution in [0.1, 0.15) is 26.7 Å². The first-order valence-electron chi connectivity index (χ1n) is 6.99. The van der Waals surface area contributed by atoms with Gasteiger partial charge in [-0.05, 0) is 26.7 Å². The molecule has 0 heterocycles. The van der Waals surface area contributed by atoms with Gasteiger partial charge in [0.1, 0.15) is 9.49 Å². The van der Waals surface area contributed by atoms with E-state index in [4.69, 9.17) is 19.8 Å². The van der Waals surface area contributed by atoms with E-state index in [0.717, 1.165) is 0 Å². The van der Waals surface area contributed by atoms with Crippen LogP contribution in [0.2, 0.25) is 0 Å². The Kier molecular flexibility index (Phi) is 10.9. The largest absolute Gasteiger partial charge is 0.383 e. The number of rotatable bonds is 10. The number of hydrogen-bond acceptors (Lipinski definition) is 6. The van der Waals surface area contributed by atoms with Crippen LogP contribution < -0.4 is 10.3 Å². The Morgan fingerprint density at radius 2 is 1.08 bits per heavy atom. The third-order valence-corrected chi connectivity index (χ3v) is 6.74. The third kappa shape index (κ3) is 7.86. The number of sulfonamides is 2. The summed E-state index contributed by atoms with van der Waals surface area (Å²) in [7, 11) is -4.30. The van der Waals surface area contributed by atoms with Gasteiger partial charge in [0, 0.05) is 14.2 Å². The van der Waals surface area contributed by atoms with E-state index in [-0.39, 0.29) is 13.2 Å². The molecule has 10 heteroatoms. The van der Waals surface area contributed by atoms with Crippen molar-refractivity contribution >= 4 is 20.0 Å². The summed E-state index contributed by atoms with van der Waals surface area (Å²) in [6, 6.07) is 0. The van der Waals surface area contributed by atoms with E-state index in [9.17, 15) is 16.8 Å². The van der Waals surface area contributed by atoms with Crippen LogP contribution in [0.3, 0.4) is 0 Å². The highest BCUT2D eigenvalue weighted by Gasteiger charge is 2.35. The zero-order valence-electron chi connectivity index (χ0n) is 14.8. The van der Waals surface area contributed by atoms with Crippen molar-refractivity contribution < 1.29 is 26.3 Å². The summed E-state index contributed by atoms with van der Waals surface area (Å²) < 4.78 is 51.8. The van der Waals surface area contributed by atoms with Crippen molar-refractivity contribution in [3.8, 4) is 0 Å². The van der Waals surface area contributed by atoms with Gasteiger partial charge in [0.2, 0.25) is 20.0 Å². The summed E-state index contributed by atoms with van der Waals surface area (Å²) >= 11 is 0. The Labute approximate surface area is 146 Å². The summed E-state index contributed by atoms with van der Waals surface area (Å²) in [6.07, 6.45) is 3.62. The van der Waals surface area contributed by atoms with Gasteiger partial charge in [0.05, 0.1) is 13.2 Å². The van der Waals surface area contributed by atoms with Crippen LogP contribution in [0.25, 0.3) is 0 Å². The lowest BCUT2D eigenvalue weighted by Gasteiger charge is -2.24. The van der Waals surface area contributed by atoms with Crippen LogP contribution in [-0.4, -0.2) is 53.8 Å². The van der Waals surface area contributed by atoms with Crippen molar-refractivity contribution in [2.45, 2.75) is 36.2 Å². The molecule has 0 aromatic carbocycles. The molecule has 0 radical (unpaired) electrons.